The van der Waals surface area contributed by atoms with Gasteiger partial charge in [0.05, 0.1) is 26.5 Å². The molecule has 0 radical (unpaired) electrons. The predicted octanol–water partition coefficient (Wildman–Crippen LogP) is 1.80. The van der Waals surface area contributed by atoms with E-state index in [1.54, 1.807) is 48.5 Å². The van der Waals surface area contributed by atoms with Gasteiger partial charge < -0.3 is 29.2 Å². The summed E-state index contributed by atoms with van der Waals surface area (Å²) in [7, 11) is 4.54. The van der Waals surface area contributed by atoms with Gasteiger partial charge in [-0.3, -0.25) is 9.59 Å². The molecule has 9 heteroatoms. The number of hydrogen-bond acceptors (Lipinski definition) is 7. The standard InChI is InChI=1S/C23H24N2O7/c1-24-23(28)20-13-25(16-6-4-5-7-17(16)32-20)21(26)14-31-22(27)11-9-15-8-10-18(29-2)19(12-15)30-3/h4-12,20H,13-14H2,1-3H3,(H,24,28)/b11-9+. The van der Waals surface area contributed by atoms with Gasteiger partial charge in [-0.1, -0.05) is 18.2 Å². The SMILES string of the molecule is CNC(=O)C1CN(C(=O)COC(=O)/C=C/c2ccc(OC)c(OC)c2)c2ccccc2O1. The number of benzene rings is 2. The van der Waals surface area contributed by atoms with Crippen LogP contribution in [0.1, 0.15) is 5.56 Å². The second-order valence-corrected chi connectivity index (χ2v) is 6.75. The Balaban J connectivity index is 1.64. The molecule has 168 valence electrons. The zero-order valence-corrected chi connectivity index (χ0v) is 18.0. The van der Waals surface area contributed by atoms with Gasteiger partial charge in [-0.25, -0.2) is 4.79 Å². The van der Waals surface area contributed by atoms with Crippen molar-refractivity contribution >= 4 is 29.5 Å². The molecule has 0 bridgehead atoms. The molecule has 2 amide bonds. The molecule has 32 heavy (non-hydrogen) atoms. The van der Waals surface area contributed by atoms with Crippen LogP contribution >= 0.6 is 0 Å². The zero-order valence-electron chi connectivity index (χ0n) is 18.0. The number of rotatable bonds is 7. The number of nitrogens with zero attached hydrogens (tertiary/aromatic N) is 1. The second kappa shape index (κ2) is 10.3. The highest BCUT2D eigenvalue weighted by molar-refractivity contribution is 5.99. The van der Waals surface area contributed by atoms with E-state index in [-0.39, 0.29) is 12.5 Å². The van der Waals surface area contributed by atoms with E-state index >= 15 is 0 Å². The largest absolute Gasteiger partial charge is 0.493 e. The van der Waals surface area contributed by atoms with Gasteiger partial charge in [-0.15, -0.1) is 0 Å². The summed E-state index contributed by atoms with van der Waals surface area (Å²) in [6, 6.07) is 12.0. The predicted molar refractivity (Wildman–Crippen MR) is 117 cm³/mol. The van der Waals surface area contributed by atoms with Crippen molar-refractivity contribution in [3.63, 3.8) is 0 Å². The Labute approximate surface area is 185 Å². The zero-order chi connectivity index (χ0) is 23.1. The summed E-state index contributed by atoms with van der Waals surface area (Å²) in [5.74, 6) is -0.0129. The molecule has 1 atom stereocenters. The summed E-state index contributed by atoms with van der Waals surface area (Å²) < 4.78 is 21.2. The van der Waals surface area contributed by atoms with Gasteiger partial charge in [0.1, 0.15) is 5.75 Å². The van der Waals surface area contributed by atoms with E-state index in [1.165, 1.54) is 32.2 Å². The minimum atomic E-state index is -0.862. The smallest absolute Gasteiger partial charge is 0.331 e. The van der Waals surface area contributed by atoms with Crippen LogP contribution in [0.15, 0.2) is 48.5 Å². The van der Waals surface area contributed by atoms with Crippen molar-refractivity contribution in [3.05, 3.63) is 54.1 Å². The molecule has 0 saturated carbocycles. The summed E-state index contributed by atoms with van der Waals surface area (Å²) in [6.45, 7) is -0.474. The summed E-state index contributed by atoms with van der Waals surface area (Å²) in [6.07, 6.45) is 1.90. The van der Waals surface area contributed by atoms with Crippen molar-refractivity contribution in [1.82, 2.24) is 5.32 Å². The number of amides is 2. The van der Waals surface area contributed by atoms with Gasteiger partial charge >= 0.3 is 5.97 Å². The molecule has 1 heterocycles. The monoisotopic (exact) mass is 440 g/mol. The van der Waals surface area contributed by atoms with Crippen LogP contribution < -0.4 is 24.4 Å². The van der Waals surface area contributed by atoms with Crippen LogP contribution in [0.3, 0.4) is 0 Å². The normalized spacial score (nSPS) is 14.8. The number of hydrogen-bond donors (Lipinski definition) is 1. The number of carbonyl (C=O) groups excluding carboxylic acids is 3. The molecule has 1 aliphatic heterocycles. The van der Waals surface area contributed by atoms with Crippen molar-refractivity contribution in [3.8, 4) is 17.2 Å². The summed E-state index contributed by atoms with van der Waals surface area (Å²) in [4.78, 5) is 38.3. The maximum Gasteiger partial charge on any atom is 0.331 e. The second-order valence-electron chi connectivity index (χ2n) is 6.75. The third kappa shape index (κ3) is 5.18. The number of para-hydroxylation sites is 2. The molecule has 3 rings (SSSR count). The highest BCUT2D eigenvalue weighted by Gasteiger charge is 2.33. The minimum Gasteiger partial charge on any atom is -0.493 e. The lowest BCUT2D eigenvalue weighted by atomic mass is 10.1. The third-order valence-corrected chi connectivity index (χ3v) is 4.77. The fourth-order valence-electron chi connectivity index (χ4n) is 3.15. The highest BCUT2D eigenvalue weighted by atomic mass is 16.5. The molecule has 2 aromatic rings. The quantitative estimate of drug-likeness (QED) is 0.517. The van der Waals surface area contributed by atoms with Crippen LogP contribution in [-0.4, -0.2) is 58.3 Å². The maximum absolute atomic E-state index is 12.8. The van der Waals surface area contributed by atoms with Gasteiger partial charge in [-0.2, -0.15) is 0 Å². The molecule has 0 fully saturated rings. The highest BCUT2D eigenvalue weighted by Crippen LogP contribution is 2.33. The molecule has 0 spiro atoms. The lowest BCUT2D eigenvalue weighted by Crippen LogP contribution is -2.51. The Morgan fingerprint density at radius 3 is 2.59 bits per heavy atom. The summed E-state index contributed by atoms with van der Waals surface area (Å²) >= 11 is 0. The molecule has 9 nitrogen and oxygen atoms in total. The number of methoxy groups -OCH3 is 2. The number of ether oxygens (including phenoxy) is 4. The third-order valence-electron chi connectivity index (χ3n) is 4.77. The fourth-order valence-corrected chi connectivity index (χ4v) is 3.15. The van der Waals surface area contributed by atoms with E-state index < -0.39 is 24.6 Å². The number of nitrogens with one attached hydrogen (secondary N) is 1. The number of anilines is 1. The Hall–Kier alpha value is -4.01. The van der Waals surface area contributed by atoms with Gasteiger partial charge in [0.15, 0.2) is 24.2 Å². The fraction of sp³-hybridized carbons (Fsp3) is 0.261. The van der Waals surface area contributed by atoms with Crippen LogP contribution in [0.4, 0.5) is 5.69 Å². The van der Waals surface area contributed by atoms with Gasteiger partial charge in [0, 0.05) is 13.1 Å². The molecule has 1 N–H and O–H groups in total. The van der Waals surface area contributed by atoms with Crippen LogP contribution in [-0.2, 0) is 19.1 Å². The van der Waals surface area contributed by atoms with Crippen molar-refractivity contribution in [2.75, 3.05) is 39.3 Å². The van der Waals surface area contributed by atoms with Gasteiger partial charge in [0.2, 0.25) is 0 Å². The first-order valence-corrected chi connectivity index (χ1v) is 9.81. The summed E-state index contributed by atoms with van der Waals surface area (Å²) in [5, 5.41) is 2.51. The Kier molecular flexibility index (Phi) is 7.33. The molecule has 0 aliphatic carbocycles. The molecule has 0 aromatic heterocycles. The first-order chi connectivity index (χ1) is 15.5. The van der Waals surface area contributed by atoms with Crippen LogP contribution in [0.2, 0.25) is 0 Å². The number of carbonyl (C=O) groups is 3. The van der Waals surface area contributed by atoms with E-state index in [1.807, 2.05) is 0 Å². The molecule has 1 unspecified atom stereocenters. The van der Waals surface area contributed by atoms with Gasteiger partial charge in [-0.05, 0) is 35.9 Å². The molecule has 1 aliphatic rings. The number of fused-ring (bicyclic) bond motifs is 1. The van der Waals surface area contributed by atoms with Crippen LogP contribution in [0.25, 0.3) is 6.08 Å². The minimum absolute atomic E-state index is 0.00848. The molecule has 2 aromatic carbocycles. The van der Waals surface area contributed by atoms with E-state index in [0.29, 0.717) is 28.5 Å². The lowest BCUT2D eigenvalue weighted by Gasteiger charge is -2.33. The molecule has 0 saturated heterocycles. The van der Waals surface area contributed by atoms with Crippen LogP contribution in [0.5, 0.6) is 17.2 Å². The lowest BCUT2D eigenvalue weighted by molar-refractivity contribution is -0.143. The van der Waals surface area contributed by atoms with Gasteiger partial charge in [0.25, 0.3) is 11.8 Å². The maximum atomic E-state index is 12.8. The number of likely N-dealkylation sites (N-methyl/N-ethyl adjacent to an activating group) is 1. The molecular weight excluding hydrogens is 416 g/mol. The van der Waals surface area contributed by atoms with E-state index in [0.717, 1.165) is 0 Å². The first-order valence-electron chi connectivity index (χ1n) is 9.81. The van der Waals surface area contributed by atoms with Crippen molar-refractivity contribution in [2.45, 2.75) is 6.10 Å². The van der Waals surface area contributed by atoms with Crippen molar-refractivity contribution in [1.29, 1.82) is 0 Å². The number of esters is 1. The Morgan fingerprint density at radius 1 is 1.12 bits per heavy atom. The van der Waals surface area contributed by atoms with Crippen molar-refractivity contribution < 1.29 is 33.3 Å². The Bertz CT molecular complexity index is 1030. The average Bonchev–Trinajstić information content (AvgIpc) is 2.84. The van der Waals surface area contributed by atoms with Crippen LogP contribution in [0, 0.1) is 0 Å². The average molecular weight is 440 g/mol. The van der Waals surface area contributed by atoms with E-state index in [4.69, 9.17) is 18.9 Å². The Morgan fingerprint density at radius 2 is 1.88 bits per heavy atom. The van der Waals surface area contributed by atoms with E-state index in [2.05, 4.69) is 5.32 Å². The topological polar surface area (TPSA) is 103 Å². The summed E-state index contributed by atoms with van der Waals surface area (Å²) in [5.41, 5.74) is 1.20. The first kappa shape index (κ1) is 22.7. The molecular formula is C23H24N2O7. The van der Waals surface area contributed by atoms with Crippen molar-refractivity contribution in [2.24, 2.45) is 0 Å². The van der Waals surface area contributed by atoms with E-state index in [9.17, 15) is 14.4 Å².